The average Bonchev–Trinajstić information content (AvgIpc) is 2.07. The molecule has 0 bridgehead atoms. The van der Waals surface area contributed by atoms with Crippen LogP contribution in [0.25, 0.3) is 0 Å². The van der Waals surface area contributed by atoms with E-state index in [9.17, 15) is 0 Å². The third-order valence-electron chi connectivity index (χ3n) is 1.95. The molecule has 0 aliphatic carbocycles. The van der Waals surface area contributed by atoms with Crippen LogP contribution in [0.3, 0.4) is 0 Å². The van der Waals surface area contributed by atoms with Crippen molar-refractivity contribution in [1.29, 1.82) is 0 Å². The molecule has 1 saturated heterocycles. The lowest BCUT2D eigenvalue weighted by atomic mass is 10.1. The predicted octanol–water partition coefficient (Wildman–Crippen LogP) is 0.104. The first kappa shape index (κ1) is 8.97. The average molecular weight is 158 g/mol. The first-order chi connectivity index (χ1) is 5.43. The van der Waals surface area contributed by atoms with Crippen LogP contribution in [0.2, 0.25) is 0 Å². The van der Waals surface area contributed by atoms with Crippen molar-refractivity contribution in [2.75, 3.05) is 26.2 Å². The van der Waals surface area contributed by atoms with Gasteiger partial charge in [-0.1, -0.05) is 0 Å². The van der Waals surface area contributed by atoms with Gasteiger partial charge in [0.05, 0.1) is 6.10 Å². The van der Waals surface area contributed by atoms with E-state index in [0.717, 1.165) is 32.7 Å². The van der Waals surface area contributed by atoms with E-state index in [2.05, 4.69) is 5.32 Å². The molecule has 0 spiro atoms. The summed E-state index contributed by atoms with van der Waals surface area (Å²) in [7, 11) is 0. The second kappa shape index (κ2) is 5.52. The monoisotopic (exact) mass is 158 g/mol. The van der Waals surface area contributed by atoms with Crippen LogP contribution in [-0.4, -0.2) is 32.3 Å². The van der Waals surface area contributed by atoms with Crippen molar-refractivity contribution < 1.29 is 4.74 Å². The maximum atomic E-state index is 5.58. The molecule has 11 heavy (non-hydrogen) atoms. The minimum Gasteiger partial charge on any atom is -0.377 e. The summed E-state index contributed by atoms with van der Waals surface area (Å²) in [5, 5.41) is 3.31. The molecule has 3 N–H and O–H groups in total. The lowest BCUT2D eigenvalue weighted by molar-refractivity contribution is 0.0366. The normalized spacial score (nSPS) is 25.4. The van der Waals surface area contributed by atoms with Crippen molar-refractivity contribution in [2.45, 2.75) is 25.4 Å². The van der Waals surface area contributed by atoms with Crippen LogP contribution in [0.4, 0.5) is 0 Å². The summed E-state index contributed by atoms with van der Waals surface area (Å²) in [6, 6.07) is 0. The Bertz CT molecular complexity index is 92.1. The van der Waals surface area contributed by atoms with E-state index in [4.69, 9.17) is 10.5 Å². The van der Waals surface area contributed by atoms with Crippen molar-refractivity contribution in [3.8, 4) is 0 Å². The molecule has 3 heteroatoms. The van der Waals surface area contributed by atoms with Crippen molar-refractivity contribution >= 4 is 0 Å². The maximum Gasteiger partial charge on any atom is 0.0699 e. The number of nitrogens with two attached hydrogens (primary N) is 1. The van der Waals surface area contributed by atoms with Gasteiger partial charge in [0.1, 0.15) is 0 Å². The molecule has 0 aromatic rings. The van der Waals surface area contributed by atoms with Gasteiger partial charge in [0.25, 0.3) is 0 Å². The highest BCUT2D eigenvalue weighted by Gasteiger charge is 2.11. The number of ether oxygens (including phenoxy) is 1. The molecule has 3 nitrogen and oxygen atoms in total. The van der Waals surface area contributed by atoms with Crippen molar-refractivity contribution in [2.24, 2.45) is 5.73 Å². The highest BCUT2D eigenvalue weighted by atomic mass is 16.5. The summed E-state index contributed by atoms with van der Waals surface area (Å²) in [6.07, 6.45) is 3.87. The molecule has 1 fully saturated rings. The molecule has 0 aromatic carbocycles. The summed E-state index contributed by atoms with van der Waals surface area (Å²) < 4.78 is 5.58. The van der Waals surface area contributed by atoms with Crippen LogP contribution < -0.4 is 11.1 Å². The Kier molecular flexibility index (Phi) is 4.50. The molecule has 0 aromatic heterocycles. The van der Waals surface area contributed by atoms with Crippen LogP contribution in [0.15, 0.2) is 0 Å². The third-order valence-corrected chi connectivity index (χ3v) is 1.95. The maximum absolute atomic E-state index is 5.58. The zero-order valence-electron chi connectivity index (χ0n) is 7.01. The van der Waals surface area contributed by atoms with E-state index >= 15 is 0 Å². The predicted molar refractivity (Wildman–Crippen MR) is 45.5 cm³/mol. The zero-order valence-corrected chi connectivity index (χ0v) is 7.01. The number of rotatable bonds is 4. The smallest absolute Gasteiger partial charge is 0.0699 e. The van der Waals surface area contributed by atoms with E-state index in [1.54, 1.807) is 0 Å². The Balaban J connectivity index is 1.96. The van der Waals surface area contributed by atoms with Gasteiger partial charge in [-0.2, -0.15) is 0 Å². The van der Waals surface area contributed by atoms with E-state index in [-0.39, 0.29) is 0 Å². The minimum absolute atomic E-state index is 0.440. The SMILES string of the molecule is NCCCOC1CCCNC1. The topological polar surface area (TPSA) is 47.3 Å². The van der Waals surface area contributed by atoms with Crippen LogP contribution in [0.1, 0.15) is 19.3 Å². The van der Waals surface area contributed by atoms with Gasteiger partial charge >= 0.3 is 0 Å². The molecule has 1 aliphatic rings. The third kappa shape index (κ3) is 3.70. The summed E-state index contributed by atoms with van der Waals surface area (Å²) in [5.74, 6) is 0. The number of piperidine rings is 1. The first-order valence-electron chi connectivity index (χ1n) is 4.46. The Morgan fingerprint density at radius 3 is 3.09 bits per heavy atom. The lowest BCUT2D eigenvalue weighted by Gasteiger charge is -2.22. The second-order valence-corrected chi connectivity index (χ2v) is 2.98. The van der Waals surface area contributed by atoms with Crippen LogP contribution in [0.5, 0.6) is 0 Å². The Morgan fingerprint density at radius 1 is 1.55 bits per heavy atom. The standard InChI is InChI=1S/C8H18N2O/c9-4-2-6-11-8-3-1-5-10-7-8/h8,10H,1-7,9H2. The summed E-state index contributed by atoms with van der Waals surface area (Å²) >= 11 is 0. The van der Waals surface area contributed by atoms with E-state index in [1.165, 1.54) is 12.8 Å². The fourth-order valence-corrected chi connectivity index (χ4v) is 1.30. The Labute approximate surface area is 68.3 Å². The Hall–Kier alpha value is -0.120. The quantitative estimate of drug-likeness (QED) is 0.571. The fraction of sp³-hybridized carbons (Fsp3) is 1.00. The number of hydrogen-bond acceptors (Lipinski definition) is 3. The highest BCUT2D eigenvalue weighted by Crippen LogP contribution is 2.05. The van der Waals surface area contributed by atoms with Gasteiger partial charge in [-0.3, -0.25) is 0 Å². The van der Waals surface area contributed by atoms with Gasteiger partial charge < -0.3 is 15.8 Å². The first-order valence-corrected chi connectivity index (χ1v) is 4.46. The zero-order chi connectivity index (χ0) is 7.94. The van der Waals surface area contributed by atoms with Gasteiger partial charge in [0.15, 0.2) is 0 Å². The lowest BCUT2D eigenvalue weighted by Crippen LogP contribution is -2.35. The van der Waals surface area contributed by atoms with Crippen LogP contribution in [-0.2, 0) is 4.74 Å². The Morgan fingerprint density at radius 2 is 2.45 bits per heavy atom. The molecular formula is C8H18N2O. The molecule has 0 saturated carbocycles. The van der Waals surface area contributed by atoms with Gasteiger partial charge in [0.2, 0.25) is 0 Å². The molecule has 1 unspecified atom stereocenters. The second-order valence-electron chi connectivity index (χ2n) is 2.98. The molecule has 1 atom stereocenters. The molecular weight excluding hydrogens is 140 g/mol. The van der Waals surface area contributed by atoms with Crippen molar-refractivity contribution in [1.82, 2.24) is 5.32 Å². The van der Waals surface area contributed by atoms with Crippen molar-refractivity contribution in [3.05, 3.63) is 0 Å². The molecule has 1 aliphatic heterocycles. The molecule has 0 amide bonds. The van der Waals surface area contributed by atoms with E-state index in [1.807, 2.05) is 0 Å². The van der Waals surface area contributed by atoms with Gasteiger partial charge in [0, 0.05) is 13.2 Å². The van der Waals surface area contributed by atoms with Gasteiger partial charge in [-0.25, -0.2) is 0 Å². The molecule has 0 radical (unpaired) electrons. The molecule has 1 rings (SSSR count). The van der Waals surface area contributed by atoms with E-state index < -0.39 is 0 Å². The molecule has 66 valence electrons. The minimum atomic E-state index is 0.440. The molecule has 1 heterocycles. The van der Waals surface area contributed by atoms with Gasteiger partial charge in [-0.05, 0) is 32.4 Å². The summed E-state index contributed by atoms with van der Waals surface area (Å²) in [5.41, 5.74) is 5.35. The summed E-state index contributed by atoms with van der Waals surface area (Å²) in [4.78, 5) is 0. The van der Waals surface area contributed by atoms with Crippen LogP contribution in [0, 0.1) is 0 Å². The summed E-state index contributed by atoms with van der Waals surface area (Å²) in [6.45, 7) is 3.73. The van der Waals surface area contributed by atoms with Gasteiger partial charge in [-0.15, -0.1) is 0 Å². The van der Waals surface area contributed by atoms with Crippen LogP contribution >= 0.6 is 0 Å². The fourth-order valence-electron chi connectivity index (χ4n) is 1.30. The van der Waals surface area contributed by atoms with Crippen molar-refractivity contribution in [3.63, 3.8) is 0 Å². The highest BCUT2D eigenvalue weighted by molar-refractivity contribution is 4.68. The van der Waals surface area contributed by atoms with E-state index in [0.29, 0.717) is 6.10 Å². The largest absolute Gasteiger partial charge is 0.377 e. The number of nitrogens with one attached hydrogen (secondary N) is 1. The number of hydrogen-bond donors (Lipinski definition) is 2.